The van der Waals surface area contributed by atoms with Crippen LogP contribution in [-0.2, 0) is 0 Å². The molecule has 0 aliphatic rings. The maximum atomic E-state index is 13.0. The van der Waals surface area contributed by atoms with Gasteiger partial charge in [-0.1, -0.05) is 28.1 Å². The molecule has 0 fully saturated rings. The van der Waals surface area contributed by atoms with Gasteiger partial charge < -0.3 is 0 Å². The van der Waals surface area contributed by atoms with Crippen molar-refractivity contribution in [2.24, 2.45) is 0 Å². The molecule has 0 radical (unpaired) electrons. The largest absolute Gasteiger partial charge is 0.206 e. The van der Waals surface area contributed by atoms with Crippen molar-refractivity contribution >= 4 is 33.6 Å². The predicted molar refractivity (Wildman–Crippen MR) is 53.9 cm³/mol. The lowest BCUT2D eigenvalue weighted by Crippen LogP contribution is -1.80. The Morgan fingerprint density at radius 3 is 2.92 bits per heavy atom. The van der Waals surface area contributed by atoms with Crippen molar-refractivity contribution in [3.8, 4) is 0 Å². The van der Waals surface area contributed by atoms with Gasteiger partial charge in [0.15, 0.2) is 0 Å². The van der Waals surface area contributed by atoms with Gasteiger partial charge in [-0.25, -0.2) is 4.39 Å². The Labute approximate surface area is 84.2 Å². The van der Waals surface area contributed by atoms with Gasteiger partial charge in [-0.2, -0.15) is 0 Å². The summed E-state index contributed by atoms with van der Waals surface area (Å²) in [6, 6.07) is 4.78. The van der Waals surface area contributed by atoms with E-state index in [0.717, 1.165) is 4.47 Å². The van der Waals surface area contributed by atoms with E-state index in [9.17, 15) is 4.39 Å². The molecule has 64 valence electrons. The fourth-order valence-electron chi connectivity index (χ4n) is 0.814. The Balaban J connectivity index is 2.97. The summed E-state index contributed by atoms with van der Waals surface area (Å²) in [6.07, 6.45) is 3.36. The molecule has 0 N–H and O–H groups in total. The van der Waals surface area contributed by atoms with E-state index in [1.165, 1.54) is 6.07 Å². The van der Waals surface area contributed by atoms with Crippen LogP contribution in [0.1, 0.15) is 5.56 Å². The van der Waals surface area contributed by atoms with Crippen LogP contribution in [0.15, 0.2) is 28.7 Å². The third-order valence-corrected chi connectivity index (χ3v) is 2.02. The SMILES string of the molecule is Fc1ccc(Br)cc1C=CCCl. The molecule has 0 aliphatic heterocycles. The highest BCUT2D eigenvalue weighted by molar-refractivity contribution is 9.10. The van der Waals surface area contributed by atoms with Crippen molar-refractivity contribution in [3.05, 3.63) is 40.1 Å². The molecule has 3 heteroatoms. The zero-order valence-electron chi connectivity index (χ0n) is 6.23. The van der Waals surface area contributed by atoms with E-state index in [1.807, 2.05) is 0 Å². The van der Waals surface area contributed by atoms with Gasteiger partial charge in [-0.15, -0.1) is 11.6 Å². The van der Waals surface area contributed by atoms with Crippen LogP contribution in [-0.4, -0.2) is 5.88 Å². The summed E-state index contributed by atoms with van der Waals surface area (Å²) in [5.74, 6) is 0.158. The number of alkyl halides is 1. The maximum absolute atomic E-state index is 13.0. The number of allylic oxidation sites excluding steroid dienone is 1. The molecular weight excluding hydrogens is 242 g/mol. The van der Waals surface area contributed by atoms with Gasteiger partial charge in [0.2, 0.25) is 0 Å². The fourth-order valence-corrected chi connectivity index (χ4v) is 1.28. The van der Waals surface area contributed by atoms with Crippen LogP contribution in [0.25, 0.3) is 6.08 Å². The molecular formula is C9H7BrClF. The van der Waals surface area contributed by atoms with E-state index < -0.39 is 0 Å². The van der Waals surface area contributed by atoms with Gasteiger partial charge in [-0.05, 0) is 18.2 Å². The standard InChI is InChI=1S/C9H7BrClF/c10-8-3-4-9(12)7(6-8)2-1-5-11/h1-4,6H,5H2. The fraction of sp³-hybridized carbons (Fsp3) is 0.111. The monoisotopic (exact) mass is 248 g/mol. The molecule has 0 heterocycles. The molecule has 0 amide bonds. The molecule has 0 unspecified atom stereocenters. The first-order chi connectivity index (χ1) is 5.74. The quantitative estimate of drug-likeness (QED) is 0.699. The third kappa shape index (κ3) is 2.61. The molecule has 0 bridgehead atoms. The average Bonchev–Trinajstić information content (AvgIpc) is 2.07. The lowest BCUT2D eigenvalue weighted by Gasteiger charge is -1.96. The first-order valence-corrected chi connectivity index (χ1v) is 4.74. The Morgan fingerprint density at radius 2 is 2.25 bits per heavy atom. The molecule has 0 spiro atoms. The average molecular weight is 250 g/mol. The lowest BCUT2D eigenvalue weighted by molar-refractivity contribution is 0.625. The van der Waals surface area contributed by atoms with Crippen LogP contribution in [0.2, 0.25) is 0 Å². The summed E-state index contributed by atoms with van der Waals surface area (Å²) in [4.78, 5) is 0. The van der Waals surface area contributed by atoms with Crippen molar-refractivity contribution in [1.29, 1.82) is 0 Å². The zero-order valence-corrected chi connectivity index (χ0v) is 8.57. The smallest absolute Gasteiger partial charge is 0.130 e. The molecule has 12 heavy (non-hydrogen) atoms. The maximum Gasteiger partial charge on any atom is 0.130 e. The number of hydrogen-bond donors (Lipinski definition) is 0. The Bertz CT molecular complexity index is 297. The first-order valence-electron chi connectivity index (χ1n) is 3.41. The van der Waals surface area contributed by atoms with Gasteiger partial charge in [0, 0.05) is 15.9 Å². The normalized spacial score (nSPS) is 10.9. The van der Waals surface area contributed by atoms with Crippen LogP contribution < -0.4 is 0 Å². The van der Waals surface area contributed by atoms with Gasteiger partial charge in [0.25, 0.3) is 0 Å². The third-order valence-electron chi connectivity index (χ3n) is 1.34. The number of rotatable bonds is 2. The highest BCUT2D eigenvalue weighted by Gasteiger charge is 1.97. The molecule has 1 aromatic carbocycles. The van der Waals surface area contributed by atoms with E-state index in [0.29, 0.717) is 11.4 Å². The van der Waals surface area contributed by atoms with Gasteiger partial charge in [0.05, 0.1) is 0 Å². The molecule has 1 aromatic rings. The van der Waals surface area contributed by atoms with Crippen LogP contribution in [0.3, 0.4) is 0 Å². The zero-order chi connectivity index (χ0) is 8.97. The minimum atomic E-state index is -0.237. The van der Waals surface area contributed by atoms with Gasteiger partial charge in [0.1, 0.15) is 5.82 Å². The second-order valence-corrected chi connectivity index (χ2v) is 3.45. The van der Waals surface area contributed by atoms with Crippen LogP contribution >= 0.6 is 27.5 Å². The number of halogens is 3. The molecule has 0 atom stereocenters. The minimum absolute atomic E-state index is 0.237. The summed E-state index contributed by atoms with van der Waals surface area (Å²) < 4.78 is 13.8. The van der Waals surface area contributed by atoms with Gasteiger partial charge in [-0.3, -0.25) is 0 Å². The van der Waals surface area contributed by atoms with Crippen molar-refractivity contribution in [3.63, 3.8) is 0 Å². The number of benzene rings is 1. The molecule has 0 aliphatic carbocycles. The van der Waals surface area contributed by atoms with E-state index in [1.54, 1.807) is 24.3 Å². The Kier molecular flexibility index (Phi) is 3.76. The van der Waals surface area contributed by atoms with Crippen LogP contribution in [0, 0.1) is 5.82 Å². The summed E-state index contributed by atoms with van der Waals surface area (Å²) in [5, 5.41) is 0. The Morgan fingerprint density at radius 1 is 1.50 bits per heavy atom. The second-order valence-electron chi connectivity index (χ2n) is 2.22. The predicted octanol–water partition coefficient (Wildman–Crippen LogP) is 3.84. The topological polar surface area (TPSA) is 0 Å². The Hall–Kier alpha value is -0.340. The van der Waals surface area contributed by atoms with Crippen LogP contribution in [0.4, 0.5) is 4.39 Å². The van der Waals surface area contributed by atoms with Crippen molar-refractivity contribution < 1.29 is 4.39 Å². The summed E-state index contributed by atoms with van der Waals surface area (Å²) in [5.41, 5.74) is 0.546. The van der Waals surface area contributed by atoms with E-state index in [2.05, 4.69) is 15.9 Å². The number of hydrogen-bond acceptors (Lipinski definition) is 0. The molecule has 0 saturated carbocycles. The summed E-state index contributed by atoms with van der Waals surface area (Å²) in [6.45, 7) is 0. The summed E-state index contributed by atoms with van der Waals surface area (Å²) in [7, 11) is 0. The molecule has 0 nitrogen and oxygen atoms in total. The van der Waals surface area contributed by atoms with E-state index in [4.69, 9.17) is 11.6 Å². The second kappa shape index (κ2) is 4.63. The first kappa shape index (κ1) is 9.75. The summed E-state index contributed by atoms with van der Waals surface area (Å²) >= 11 is 8.68. The molecule has 1 rings (SSSR count). The van der Waals surface area contributed by atoms with Gasteiger partial charge >= 0.3 is 0 Å². The van der Waals surface area contributed by atoms with E-state index >= 15 is 0 Å². The molecule has 0 saturated heterocycles. The van der Waals surface area contributed by atoms with Crippen LogP contribution in [0.5, 0.6) is 0 Å². The van der Waals surface area contributed by atoms with E-state index in [-0.39, 0.29) is 5.82 Å². The highest BCUT2D eigenvalue weighted by atomic mass is 79.9. The molecule has 0 aromatic heterocycles. The highest BCUT2D eigenvalue weighted by Crippen LogP contribution is 2.16. The van der Waals surface area contributed by atoms with Crippen molar-refractivity contribution in [1.82, 2.24) is 0 Å². The lowest BCUT2D eigenvalue weighted by atomic mass is 10.2. The van der Waals surface area contributed by atoms with Crippen molar-refractivity contribution in [2.45, 2.75) is 0 Å². The van der Waals surface area contributed by atoms with Crippen molar-refractivity contribution in [2.75, 3.05) is 5.88 Å². The minimum Gasteiger partial charge on any atom is -0.206 e.